The van der Waals surface area contributed by atoms with Gasteiger partial charge < -0.3 is 14.6 Å². The molecule has 0 atom stereocenters. The first-order valence-corrected chi connectivity index (χ1v) is 5.85. The summed E-state index contributed by atoms with van der Waals surface area (Å²) in [5.41, 5.74) is 0.244. The summed E-state index contributed by atoms with van der Waals surface area (Å²) in [6, 6.07) is 6.55. The second-order valence-corrected chi connectivity index (χ2v) is 4.51. The first-order chi connectivity index (χ1) is 8.95. The van der Waals surface area contributed by atoms with Gasteiger partial charge in [-0.05, 0) is 35.3 Å². The third kappa shape index (κ3) is 3.44. The van der Waals surface area contributed by atoms with E-state index < -0.39 is 18.5 Å². The van der Waals surface area contributed by atoms with E-state index in [0.717, 1.165) is 6.07 Å². The number of benzene rings is 1. The van der Waals surface area contributed by atoms with E-state index in [0.29, 0.717) is 5.56 Å². The van der Waals surface area contributed by atoms with Crippen LogP contribution in [0.2, 0.25) is 5.02 Å². The minimum atomic E-state index is -1.69. The van der Waals surface area contributed by atoms with Crippen molar-refractivity contribution in [3.8, 4) is 0 Å². The van der Waals surface area contributed by atoms with E-state index in [9.17, 15) is 9.18 Å². The lowest BCUT2D eigenvalue weighted by atomic mass is 9.81. The van der Waals surface area contributed by atoms with E-state index in [1.54, 1.807) is 6.07 Å². The van der Waals surface area contributed by atoms with Gasteiger partial charge in [-0.15, -0.1) is 0 Å². The van der Waals surface area contributed by atoms with Gasteiger partial charge >= 0.3 is 7.12 Å². The van der Waals surface area contributed by atoms with Gasteiger partial charge in [0.15, 0.2) is 0 Å². The molecule has 2 aromatic rings. The molecule has 0 aliphatic rings. The van der Waals surface area contributed by atoms with E-state index in [1.807, 2.05) is 0 Å². The molecule has 1 aromatic heterocycles. The second kappa shape index (κ2) is 5.56. The Morgan fingerprint density at radius 3 is 2.58 bits per heavy atom. The Morgan fingerprint density at radius 2 is 2.00 bits per heavy atom. The summed E-state index contributed by atoms with van der Waals surface area (Å²) in [4.78, 5) is 11.7. The van der Waals surface area contributed by atoms with Gasteiger partial charge in [0.1, 0.15) is 5.82 Å². The van der Waals surface area contributed by atoms with E-state index in [1.165, 1.54) is 29.0 Å². The molecule has 7 heteroatoms. The zero-order valence-corrected chi connectivity index (χ0v) is 10.5. The molecule has 4 nitrogen and oxygen atoms in total. The Bertz CT molecular complexity index is 639. The van der Waals surface area contributed by atoms with Gasteiger partial charge in [0, 0.05) is 17.3 Å². The standard InChI is InChI=1S/C12H10BClFNO3/c14-10-3-8(4-11(15)6-10)7-16-2-1-9(13(18)19)5-12(16)17/h1-6,18-19H,7H2. The van der Waals surface area contributed by atoms with Crippen molar-refractivity contribution in [3.63, 3.8) is 0 Å². The maximum absolute atomic E-state index is 13.2. The van der Waals surface area contributed by atoms with Crippen molar-refractivity contribution in [3.05, 3.63) is 63.3 Å². The molecule has 0 saturated heterocycles. The summed E-state index contributed by atoms with van der Waals surface area (Å²) >= 11 is 5.73. The van der Waals surface area contributed by atoms with E-state index in [2.05, 4.69) is 0 Å². The zero-order valence-electron chi connectivity index (χ0n) is 9.75. The highest BCUT2D eigenvalue weighted by molar-refractivity contribution is 6.58. The van der Waals surface area contributed by atoms with Crippen LogP contribution in [-0.4, -0.2) is 21.7 Å². The fraction of sp³-hybridized carbons (Fsp3) is 0.0833. The number of hydrogen-bond donors (Lipinski definition) is 2. The van der Waals surface area contributed by atoms with E-state index in [4.69, 9.17) is 21.6 Å². The zero-order chi connectivity index (χ0) is 14.0. The maximum atomic E-state index is 13.2. The third-order valence-electron chi connectivity index (χ3n) is 2.59. The van der Waals surface area contributed by atoms with Crippen LogP contribution in [0.1, 0.15) is 5.56 Å². The smallest absolute Gasteiger partial charge is 0.423 e. The largest absolute Gasteiger partial charge is 0.488 e. The fourth-order valence-electron chi connectivity index (χ4n) is 1.71. The lowest BCUT2D eigenvalue weighted by Crippen LogP contribution is -2.35. The SMILES string of the molecule is O=c1cc(B(O)O)ccn1Cc1cc(F)cc(Cl)c1. The third-order valence-corrected chi connectivity index (χ3v) is 2.81. The molecule has 1 aromatic carbocycles. The van der Waals surface area contributed by atoms with Crippen LogP contribution in [0.4, 0.5) is 4.39 Å². The molecule has 1 heterocycles. The van der Waals surface area contributed by atoms with Crippen molar-refractivity contribution in [2.75, 3.05) is 0 Å². The van der Waals surface area contributed by atoms with Gasteiger partial charge in [-0.3, -0.25) is 4.79 Å². The molecule has 19 heavy (non-hydrogen) atoms. The minimum absolute atomic E-state index is 0.110. The average molecular weight is 281 g/mol. The predicted molar refractivity (Wildman–Crippen MR) is 71.0 cm³/mol. The van der Waals surface area contributed by atoms with Crippen molar-refractivity contribution < 1.29 is 14.4 Å². The molecule has 2 N–H and O–H groups in total. The van der Waals surface area contributed by atoms with Crippen LogP contribution in [0.15, 0.2) is 41.3 Å². The molecule has 0 amide bonds. The maximum Gasteiger partial charge on any atom is 0.488 e. The molecule has 98 valence electrons. The van der Waals surface area contributed by atoms with E-state index in [-0.39, 0.29) is 17.0 Å². The Hall–Kier alpha value is -1.63. The van der Waals surface area contributed by atoms with Crippen LogP contribution in [-0.2, 0) is 6.54 Å². The number of halogens is 2. The Balaban J connectivity index is 2.31. The highest BCUT2D eigenvalue weighted by Gasteiger charge is 2.12. The van der Waals surface area contributed by atoms with E-state index >= 15 is 0 Å². The monoisotopic (exact) mass is 281 g/mol. The van der Waals surface area contributed by atoms with Crippen molar-refractivity contribution in [1.29, 1.82) is 0 Å². The molecule has 0 spiro atoms. The molecule has 0 aliphatic heterocycles. The molecule has 0 aliphatic carbocycles. The highest BCUT2D eigenvalue weighted by atomic mass is 35.5. The van der Waals surface area contributed by atoms with Crippen LogP contribution in [0, 0.1) is 5.82 Å². The molecule has 0 saturated carbocycles. The van der Waals surface area contributed by atoms with Crippen molar-refractivity contribution in [2.45, 2.75) is 6.54 Å². The van der Waals surface area contributed by atoms with Gasteiger partial charge in [0.2, 0.25) is 5.56 Å². The normalized spacial score (nSPS) is 10.5. The number of pyridine rings is 1. The number of aromatic nitrogens is 1. The lowest BCUT2D eigenvalue weighted by molar-refractivity contribution is 0.425. The van der Waals surface area contributed by atoms with Crippen molar-refractivity contribution in [1.82, 2.24) is 4.57 Å². The molecular weight excluding hydrogens is 271 g/mol. The van der Waals surface area contributed by atoms with Gasteiger partial charge in [0.25, 0.3) is 0 Å². The predicted octanol–water partition coefficient (Wildman–Crippen LogP) is 0.369. The first kappa shape index (κ1) is 13.8. The number of nitrogens with zero attached hydrogens (tertiary/aromatic N) is 1. The molecule has 0 fully saturated rings. The van der Waals surface area contributed by atoms with Crippen LogP contribution in [0.25, 0.3) is 0 Å². The van der Waals surface area contributed by atoms with Crippen LogP contribution in [0.5, 0.6) is 0 Å². The lowest BCUT2D eigenvalue weighted by Gasteiger charge is -2.07. The van der Waals surface area contributed by atoms with Gasteiger partial charge in [0.05, 0.1) is 6.54 Å². The summed E-state index contributed by atoms with van der Waals surface area (Å²) in [6.07, 6.45) is 1.41. The molecular formula is C12H10BClFNO3. The quantitative estimate of drug-likeness (QED) is 0.799. The topological polar surface area (TPSA) is 62.5 Å². The Morgan fingerprint density at radius 1 is 1.26 bits per heavy atom. The summed E-state index contributed by atoms with van der Waals surface area (Å²) in [5, 5.41) is 18.1. The molecule has 0 unspecified atom stereocenters. The Kier molecular flexibility index (Phi) is 4.04. The highest BCUT2D eigenvalue weighted by Crippen LogP contribution is 2.14. The number of rotatable bonds is 3. The average Bonchev–Trinajstić information content (AvgIpc) is 2.30. The van der Waals surface area contributed by atoms with Crippen molar-refractivity contribution in [2.24, 2.45) is 0 Å². The summed E-state index contributed by atoms with van der Waals surface area (Å²) in [5.74, 6) is -0.474. The van der Waals surface area contributed by atoms with Crippen molar-refractivity contribution >= 4 is 24.2 Å². The van der Waals surface area contributed by atoms with Crippen LogP contribution < -0.4 is 11.0 Å². The summed E-state index contributed by atoms with van der Waals surface area (Å²) < 4.78 is 14.5. The molecule has 0 bridgehead atoms. The summed E-state index contributed by atoms with van der Waals surface area (Å²) in [7, 11) is -1.69. The molecule has 0 radical (unpaired) electrons. The van der Waals surface area contributed by atoms with Gasteiger partial charge in [-0.25, -0.2) is 4.39 Å². The fourth-order valence-corrected chi connectivity index (χ4v) is 1.96. The van der Waals surface area contributed by atoms with Gasteiger partial charge in [-0.2, -0.15) is 0 Å². The summed E-state index contributed by atoms with van der Waals surface area (Å²) in [6.45, 7) is 0.151. The second-order valence-electron chi connectivity index (χ2n) is 4.08. The number of hydrogen-bond acceptors (Lipinski definition) is 3. The van der Waals surface area contributed by atoms with Crippen LogP contribution >= 0.6 is 11.6 Å². The van der Waals surface area contributed by atoms with Crippen LogP contribution in [0.3, 0.4) is 0 Å². The molecule has 2 rings (SSSR count). The Labute approximate surface area is 113 Å². The van der Waals surface area contributed by atoms with Gasteiger partial charge in [-0.1, -0.05) is 11.6 Å². The first-order valence-electron chi connectivity index (χ1n) is 5.47. The minimum Gasteiger partial charge on any atom is -0.423 e.